The molecule has 29 heavy (non-hydrogen) atoms. The second-order valence-electron chi connectivity index (χ2n) is 6.62. The highest BCUT2D eigenvalue weighted by molar-refractivity contribution is 6.33. The molecule has 0 unspecified atom stereocenters. The van der Waals surface area contributed by atoms with Gasteiger partial charge < -0.3 is 4.74 Å². The van der Waals surface area contributed by atoms with Gasteiger partial charge in [0, 0.05) is 12.8 Å². The van der Waals surface area contributed by atoms with Crippen molar-refractivity contribution in [1.82, 2.24) is 9.78 Å². The van der Waals surface area contributed by atoms with Crippen LogP contribution in [0.5, 0.6) is 0 Å². The molecule has 0 atom stereocenters. The number of methoxy groups -OCH3 is 1. The molecule has 0 aliphatic carbocycles. The molecule has 7 heteroatoms. The fourth-order valence-corrected chi connectivity index (χ4v) is 3.22. The minimum atomic E-state index is -0.297. The number of hydrazone groups is 1. The van der Waals surface area contributed by atoms with Crippen LogP contribution in [-0.4, -0.2) is 35.1 Å². The van der Waals surface area contributed by atoms with E-state index in [1.165, 1.54) is 9.69 Å². The van der Waals surface area contributed by atoms with Crippen LogP contribution in [0.25, 0.3) is 11.8 Å². The van der Waals surface area contributed by atoms with Crippen LogP contribution in [-0.2, 0) is 9.53 Å². The normalized spacial score (nSPS) is 15.2. The minimum Gasteiger partial charge on any atom is -0.378 e. The van der Waals surface area contributed by atoms with Crippen LogP contribution in [0.1, 0.15) is 11.3 Å². The lowest BCUT2D eigenvalue weighted by atomic mass is 10.1. The zero-order valence-electron chi connectivity index (χ0n) is 16.1. The maximum atomic E-state index is 13.1. The van der Waals surface area contributed by atoms with Gasteiger partial charge in [0.2, 0.25) is 0 Å². The number of nitrogens with one attached hydrogen (secondary N) is 1. The number of rotatable bonds is 5. The van der Waals surface area contributed by atoms with Crippen molar-refractivity contribution >= 4 is 23.4 Å². The molecule has 0 radical (unpaired) electrons. The number of aromatic nitrogens is 2. The monoisotopic (exact) mass is 388 g/mol. The highest BCUT2D eigenvalue weighted by atomic mass is 16.5. The van der Waals surface area contributed by atoms with Crippen molar-refractivity contribution in [2.45, 2.75) is 6.92 Å². The van der Waals surface area contributed by atoms with Crippen LogP contribution in [0.15, 0.2) is 76.1 Å². The molecule has 1 amide bonds. The van der Waals surface area contributed by atoms with E-state index in [-0.39, 0.29) is 18.1 Å². The largest absolute Gasteiger partial charge is 0.378 e. The van der Waals surface area contributed by atoms with E-state index in [2.05, 4.69) is 10.2 Å². The summed E-state index contributed by atoms with van der Waals surface area (Å²) < 4.78 is 6.68. The van der Waals surface area contributed by atoms with Crippen LogP contribution >= 0.6 is 0 Å². The maximum Gasteiger partial charge on any atom is 0.280 e. The molecule has 0 saturated carbocycles. The lowest BCUT2D eigenvalue weighted by Crippen LogP contribution is -2.22. The third kappa shape index (κ3) is 3.43. The molecule has 1 aromatic heterocycles. The Morgan fingerprint density at radius 1 is 1.00 bits per heavy atom. The maximum absolute atomic E-state index is 13.1. The van der Waals surface area contributed by atoms with Gasteiger partial charge in [-0.15, -0.1) is 0 Å². The first-order chi connectivity index (χ1) is 14.1. The summed E-state index contributed by atoms with van der Waals surface area (Å²) in [5.74, 6) is -0.297. The number of nitrogens with zero attached hydrogens (tertiary/aromatic N) is 3. The van der Waals surface area contributed by atoms with Gasteiger partial charge in [0.05, 0.1) is 34.8 Å². The van der Waals surface area contributed by atoms with E-state index < -0.39 is 0 Å². The summed E-state index contributed by atoms with van der Waals surface area (Å²) in [7, 11) is 1.54. The van der Waals surface area contributed by atoms with Crippen LogP contribution < -0.4 is 10.6 Å². The second kappa shape index (κ2) is 7.73. The molecule has 7 nitrogen and oxygen atoms in total. The average Bonchev–Trinajstić information content (AvgIpc) is 3.21. The van der Waals surface area contributed by atoms with Crippen molar-refractivity contribution in [3.63, 3.8) is 0 Å². The Labute approximate surface area is 167 Å². The summed E-state index contributed by atoms with van der Waals surface area (Å²) >= 11 is 0. The van der Waals surface area contributed by atoms with Gasteiger partial charge in [-0.05, 0) is 37.3 Å². The Hall–Kier alpha value is -3.71. The number of hydrogen-bond donors (Lipinski definition) is 1. The summed E-state index contributed by atoms with van der Waals surface area (Å²) in [5.41, 5.74) is 3.04. The minimum absolute atomic E-state index is 0.164. The first kappa shape index (κ1) is 18.6. The smallest absolute Gasteiger partial charge is 0.280 e. The fourth-order valence-electron chi connectivity index (χ4n) is 3.22. The molecule has 3 aromatic rings. The van der Waals surface area contributed by atoms with Gasteiger partial charge in [0.25, 0.3) is 11.5 Å². The van der Waals surface area contributed by atoms with E-state index >= 15 is 0 Å². The highest BCUT2D eigenvalue weighted by Crippen LogP contribution is 2.25. The van der Waals surface area contributed by atoms with Crippen molar-refractivity contribution in [1.29, 1.82) is 0 Å². The molecule has 0 bridgehead atoms. The molecule has 1 aliphatic rings. The number of aromatic amines is 1. The number of para-hydroxylation sites is 2. The van der Waals surface area contributed by atoms with Crippen LogP contribution in [0.4, 0.5) is 5.69 Å². The Balaban J connectivity index is 1.78. The number of amides is 1. The molecule has 146 valence electrons. The van der Waals surface area contributed by atoms with E-state index in [9.17, 15) is 9.59 Å². The molecule has 0 saturated heterocycles. The molecular weight excluding hydrogens is 368 g/mol. The molecule has 0 spiro atoms. The number of anilines is 1. The van der Waals surface area contributed by atoms with Crippen LogP contribution in [0.3, 0.4) is 0 Å². The Kier molecular flexibility index (Phi) is 4.97. The predicted octanol–water partition coefficient (Wildman–Crippen LogP) is 2.91. The van der Waals surface area contributed by atoms with Gasteiger partial charge >= 0.3 is 0 Å². The highest BCUT2D eigenvalue weighted by Gasteiger charge is 2.31. The molecular formula is C22H20N4O3. The van der Waals surface area contributed by atoms with E-state index in [4.69, 9.17) is 4.74 Å². The molecule has 0 fully saturated rings. The number of benzene rings is 2. The summed E-state index contributed by atoms with van der Waals surface area (Å²) in [6.07, 6.45) is 1.59. The average molecular weight is 388 g/mol. The number of carbonyl (C=O) groups excluding carboxylic acids is 1. The lowest BCUT2D eigenvalue weighted by molar-refractivity contribution is -0.114. The van der Waals surface area contributed by atoms with E-state index in [0.29, 0.717) is 28.2 Å². The SMILES string of the molecule is COCC1=NN(c2ccccc2)C(=O)/C1=C\c1c(C)[nH]n(-c2ccccc2)c1=O. The third-order valence-corrected chi connectivity index (χ3v) is 4.66. The Morgan fingerprint density at radius 3 is 2.24 bits per heavy atom. The number of H-pyrrole nitrogens is 1. The standard InChI is InChI=1S/C22H20N4O3/c1-15-18(21(27)25(23-15)16-9-5-3-6-10-16)13-19-20(14-29-2)24-26(22(19)28)17-11-7-4-8-12-17/h3-13,23H,14H2,1-2H3/b19-13-. The number of hydrogen-bond acceptors (Lipinski definition) is 4. The summed E-state index contributed by atoms with van der Waals surface area (Å²) in [5, 5.41) is 8.82. The second-order valence-corrected chi connectivity index (χ2v) is 6.62. The first-order valence-corrected chi connectivity index (χ1v) is 9.15. The van der Waals surface area contributed by atoms with Crippen LogP contribution in [0, 0.1) is 6.92 Å². The van der Waals surface area contributed by atoms with Crippen LogP contribution in [0.2, 0.25) is 0 Å². The lowest BCUT2D eigenvalue weighted by Gasteiger charge is -2.10. The van der Waals surface area contributed by atoms with Gasteiger partial charge in [-0.1, -0.05) is 36.4 Å². The van der Waals surface area contributed by atoms with Gasteiger partial charge in [-0.3, -0.25) is 14.7 Å². The quantitative estimate of drug-likeness (QED) is 0.683. The Morgan fingerprint density at radius 2 is 1.62 bits per heavy atom. The van der Waals surface area contributed by atoms with Crippen molar-refractivity contribution in [2.75, 3.05) is 18.7 Å². The summed E-state index contributed by atoms with van der Waals surface area (Å²) in [6.45, 7) is 1.96. The van der Waals surface area contributed by atoms with Gasteiger partial charge in [-0.25, -0.2) is 4.68 Å². The molecule has 2 aromatic carbocycles. The molecule has 2 heterocycles. The van der Waals surface area contributed by atoms with Crippen molar-refractivity contribution < 1.29 is 9.53 Å². The van der Waals surface area contributed by atoms with E-state index in [1.54, 1.807) is 32.2 Å². The number of ether oxygens (including phenoxy) is 1. The van der Waals surface area contributed by atoms with Gasteiger partial charge in [0.15, 0.2) is 0 Å². The first-order valence-electron chi connectivity index (χ1n) is 9.15. The van der Waals surface area contributed by atoms with Crippen molar-refractivity contribution in [3.05, 3.63) is 87.8 Å². The molecule has 4 rings (SSSR count). The van der Waals surface area contributed by atoms with E-state index in [1.807, 2.05) is 48.5 Å². The fraction of sp³-hybridized carbons (Fsp3) is 0.136. The summed E-state index contributed by atoms with van der Waals surface area (Å²) in [4.78, 5) is 26.1. The van der Waals surface area contributed by atoms with E-state index in [0.717, 1.165) is 5.69 Å². The van der Waals surface area contributed by atoms with Crippen molar-refractivity contribution in [2.24, 2.45) is 5.10 Å². The van der Waals surface area contributed by atoms with Gasteiger partial charge in [0.1, 0.15) is 0 Å². The van der Waals surface area contributed by atoms with Gasteiger partial charge in [-0.2, -0.15) is 10.1 Å². The molecule has 1 N–H and O–H groups in total. The molecule has 1 aliphatic heterocycles. The Bertz CT molecular complexity index is 1160. The zero-order chi connectivity index (χ0) is 20.4. The number of carbonyl (C=O) groups is 1. The van der Waals surface area contributed by atoms with Crippen molar-refractivity contribution in [3.8, 4) is 5.69 Å². The third-order valence-electron chi connectivity index (χ3n) is 4.66. The topological polar surface area (TPSA) is 79.7 Å². The summed E-state index contributed by atoms with van der Waals surface area (Å²) in [6, 6.07) is 18.4. The predicted molar refractivity (Wildman–Crippen MR) is 112 cm³/mol. The number of aryl methyl sites for hydroxylation is 1. The zero-order valence-corrected chi connectivity index (χ0v) is 16.1.